The van der Waals surface area contributed by atoms with Gasteiger partial charge in [-0.15, -0.1) is 0 Å². The average molecular weight is 532 g/mol. The van der Waals surface area contributed by atoms with Crippen LogP contribution in [0.25, 0.3) is 0 Å². The Morgan fingerprint density at radius 3 is 1.71 bits per heavy atom. The van der Waals surface area contributed by atoms with Crippen molar-refractivity contribution in [2.24, 2.45) is 0 Å². The van der Waals surface area contributed by atoms with Crippen molar-refractivity contribution in [2.75, 3.05) is 13.7 Å². The van der Waals surface area contributed by atoms with Crippen molar-refractivity contribution in [1.82, 2.24) is 5.32 Å². The summed E-state index contributed by atoms with van der Waals surface area (Å²) in [6, 6.07) is 13.5. The molecule has 0 saturated carbocycles. The number of nitrogens with one attached hydrogen (secondary N) is 1. The highest BCUT2D eigenvalue weighted by Gasteiger charge is 2.22. The predicted molar refractivity (Wildman–Crippen MR) is 150 cm³/mol. The van der Waals surface area contributed by atoms with Gasteiger partial charge in [0.15, 0.2) is 0 Å². The predicted octanol–water partition coefficient (Wildman–Crippen LogP) is 5.49. The van der Waals surface area contributed by atoms with Crippen molar-refractivity contribution in [1.29, 1.82) is 0 Å². The number of methoxy groups -OCH3 is 1. The Morgan fingerprint density at radius 2 is 1.26 bits per heavy atom. The van der Waals surface area contributed by atoms with Crippen molar-refractivity contribution < 1.29 is 33.4 Å². The van der Waals surface area contributed by atoms with Crippen molar-refractivity contribution in [3.63, 3.8) is 0 Å². The number of carbonyl (C=O) groups excluding carboxylic acids is 4. The number of Topliss-reactive ketones (excluding diaryl/α,β-unsaturated/α-hetero) is 1. The smallest absolute Gasteiger partial charge is 0.328 e. The molecule has 0 aliphatic carbocycles. The zero-order valence-corrected chi connectivity index (χ0v) is 24.4. The Bertz CT molecular complexity index is 934. The molecular formula is C30H45NO7. The molecule has 0 saturated heterocycles. The first-order chi connectivity index (χ1) is 18.1. The summed E-state index contributed by atoms with van der Waals surface area (Å²) in [6.07, 6.45) is 1.06. The van der Waals surface area contributed by atoms with Gasteiger partial charge >= 0.3 is 11.9 Å². The molecule has 0 spiro atoms. The Morgan fingerprint density at radius 1 is 0.789 bits per heavy atom. The maximum atomic E-state index is 12.4. The quantitative estimate of drug-likeness (QED) is 0.319. The maximum Gasteiger partial charge on any atom is 0.328 e. The zero-order valence-electron chi connectivity index (χ0n) is 24.4. The molecule has 1 amide bonds. The van der Waals surface area contributed by atoms with Gasteiger partial charge in [-0.3, -0.25) is 9.59 Å². The fourth-order valence-corrected chi connectivity index (χ4v) is 2.85. The molecule has 1 unspecified atom stereocenters. The fraction of sp³-hybridized carbons (Fsp3) is 0.467. The molecule has 8 nitrogen and oxygen atoms in total. The molecule has 0 heterocycles. The standard InChI is InChI=1S/C23H27NO6.C3H6O.2C2H6/c1-4-29-23(27)21(15-18-7-12-20(13-8-18)30-16(2)25)24-22(26)14-9-17-5-10-19(28-3)11-6-17;1-3(2)4;2*1-2/h5-8,10-13,21H,4,9,14-15H2,1-3H3,(H,24,26);1-2H3;2*1-2H3. The van der Waals surface area contributed by atoms with Gasteiger partial charge in [-0.25, -0.2) is 4.79 Å². The van der Waals surface area contributed by atoms with Gasteiger partial charge in [-0.1, -0.05) is 52.0 Å². The third-order valence-electron chi connectivity index (χ3n) is 4.33. The van der Waals surface area contributed by atoms with Gasteiger partial charge in [-0.2, -0.15) is 0 Å². The van der Waals surface area contributed by atoms with Gasteiger partial charge in [0.05, 0.1) is 13.7 Å². The van der Waals surface area contributed by atoms with E-state index in [1.165, 1.54) is 20.8 Å². The van der Waals surface area contributed by atoms with Crippen LogP contribution in [0.15, 0.2) is 48.5 Å². The summed E-state index contributed by atoms with van der Waals surface area (Å²) in [7, 11) is 1.60. The van der Waals surface area contributed by atoms with E-state index in [0.717, 1.165) is 16.9 Å². The van der Waals surface area contributed by atoms with E-state index in [4.69, 9.17) is 14.2 Å². The van der Waals surface area contributed by atoms with Crippen LogP contribution in [-0.4, -0.2) is 43.4 Å². The lowest BCUT2D eigenvalue weighted by Crippen LogP contribution is -2.43. The lowest BCUT2D eigenvalue weighted by molar-refractivity contribution is -0.147. The minimum absolute atomic E-state index is 0.167. The third kappa shape index (κ3) is 17.7. The Hall–Kier alpha value is -3.68. The van der Waals surface area contributed by atoms with E-state index in [2.05, 4.69) is 5.32 Å². The van der Waals surface area contributed by atoms with E-state index in [1.54, 1.807) is 38.3 Å². The number of aryl methyl sites for hydroxylation is 1. The monoisotopic (exact) mass is 531 g/mol. The number of carbonyl (C=O) groups is 4. The second-order valence-electron chi connectivity index (χ2n) is 7.57. The van der Waals surface area contributed by atoms with Crippen LogP contribution in [0.2, 0.25) is 0 Å². The van der Waals surface area contributed by atoms with Crippen LogP contribution in [0, 0.1) is 0 Å². The first kappa shape index (κ1) is 36.5. The second kappa shape index (κ2) is 22.5. The Labute approximate surface area is 228 Å². The minimum Gasteiger partial charge on any atom is -0.497 e. The fourth-order valence-electron chi connectivity index (χ4n) is 2.85. The molecule has 1 atom stereocenters. The largest absolute Gasteiger partial charge is 0.497 e. The van der Waals surface area contributed by atoms with Crippen molar-refractivity contribution in [3.05, 3.63) is 59.7 Å². The van der Waals surface area contributed by atoms with Gasteiger partial charge < -0.3 is 24.3 Å². The summed E-state index contributed by atoms with van der Waals surface area (Å²) in [6.45, 7) is 14.3. The molecule has 0 fully saturated rings. The van der Waals surface area contributed by atoms with Crippen LogP contribution in [0.1, 0.15) is 72.9 Å². The molecule has 0 bridgehead atoms. The molecule has 2 aromatic carbocycles. The summed E-state index contributed by atoms with van der Waals surface area (Å²) >= 11 is 0. The molecule has 0 aromatic heterocycles. The van der Waals surface area contributed by atoms with Gasteiger partial charge in [0.2, 0.25) is 5.91 Å². The number of hydrogen-bond acceptors (Lipinski definition) is 7. The number of ether oxygens (including phenoxy) is 3. The zero-order chi connectivity index (χ0) is 29.5. The SMILES string of the molecule is CC.CC.CC(C)=O.CCOC(=O)C(Cc1ccc(OC(C)=O)cc1)NC(=O)CCc1ccc(OC)cc1. The molecule has 0 radical (unpaired) electrons. The number of ketones is 1. The van der Waals surface area contributed by atoms with E-state index in [1.807, 2.05) is 52.0 Å². The van der Waals surface area contributed by atoms with Gasteiger partial charge in [0.25, 0.3) is 0 Å². The second-order valence-corrected chi connectivity index (χ2v) is 7.57. The molecule has 2 aromatic rings. The number of esters is 2. The van der Waals surface area contributed by atoms with E-state index >= 15 is 0 Å². The average Bonchev–Trinajstić information content (AvgIpc) is 2.90. The number of rotatable bonds is 10. The van der Waals surface area contributed by atoms with Crippen molar-refractivity contribution in [3.8, 4) is 11.5 Å². The van der Waals surface area contributed by atoms with E-state index in [0.29, 0.717) is 12.2 Å². The molecule has 2 rings (SSSR count). The minimum atomic E-state index is -0.798. The van der Waals surface area contributed by atoms with E-state index in [9.17, 15) is 19.2 Å². The van der Waals surface area contributed by atoms with Gasteiger partial charge in [0, 0.05) is 19.8 Å². The van der Waals surface area contributed by atoms with E-state index < -0.39 is 18.0 Å². The van der Waals surface area contributed by atoms with E-state index in [-0.39, 0.29) is 31.1 Å². The molecule has 0 aliphatic rings. The number of hydrogen-bond donors (Lipinski definition) is 1. The number of benzene rings is 2. The Balaban J connectivity index is 0. The normalized spacial score (nSPS) is 9.92. The Kier molecular flexibility index (Phi) is 21.6. The molecule has 212 valence electrons. The first-order valence-corrected chi connectivity index (χ1v) is 13.0. The molecule has 1 N–H and O–H groups in total. The molecule has 8 heteroatoms. The van der Waals surface area contributed by atoms with Crippen LogP contribution in [0.4, 0.5) is 0 Å². The highest BCUT2D eigenvalue weighted by Crippen LogP contribution is 2.15. The summed E-state index contributed by atoms with van der Waals surface area (Å²) in [5.41, 5.74) is 1.80. The van der Waals surface area contributed by atoms with Crippen LogP contribution in [0.5, 0.6) is 11.5 Å². The van der Waals surface area contributed by atoms with Crippen molar-refractivity contribution >= 4 is 23.6 Å². The lowest BCUT2D eigenvalue weighted by atomic mass is 10.0. The lowest BCUT2D eigenvalue weighted by Gasteiger charge is -2.18. The third-order valence-corrected chi connectivity index (χ3v) is 4.33. The van der Waals surface area contributed by atoms with Crippen LogP contribution >= 0.6 is 0 Å². The first-order valence-electron chi connectivity index (χ1n) is 13.0. The topological polar surface area (TPSA) is 108 Å². The van der Waals surface area contributed by atoms with Gasteiger partial charge in [-0.05, 0) is 62.6 Å². The van der Waals surface area contributed by atoms with Crippen molar-refractivity contribution in [2.45, 2.75) is 80.7 Å². The van der Waals surface area contributed by atoms with Crippen LogP contribution < -0.4 is 14.8 Å². The molecule has 0 aliphatic heterocycles. The summed E-state index contributed by atoms with van der Waals surface area (Å²) in [5, 5.41) is 2.77. The maximum absolute atomic E-state index is 12.4. The van der Waals surface area contributed by atoms with Crippen LogP contribution in [-0.2, 0) is 36.8 Å². The summed E-state index contributed by atoms with van der Waals surface area (Å²) in [4.78, 5) is 45.2. The highest BCUT2D eigenvalue weighted by molar-refractivity contribution is 5.84. The van der Waals surface area contributed by atoms with Crippen LogP contribution in [0.3, 0.4) is 0 Å². The summed E-state index contributed by atoms with van der Waals surface area (Å²) in [5.74, 6) is 0.212. The number of amides is 1. The highest BCUT2D eigenvalue weighted by atomic mass is 16.5. The molecular weight excluding hydrogens is 486 g/mol. The summed E-state index contributed by atoms with van der Waals surface area (Å²) < 4.78 is 15.2. The molecule has 38 heavy (non-hydrogen) atoms. The van der Waals surface area contributed by atoms with Gasteiger partial charge in [0.1, 0.15) is 23.3 Å².